The number of amides is 1. The van der Waals surface area contributed by atoms with E-state index in [0.29, 0.717) is 54.9 Å². The van der Waals surface area contributed by atoms with Crippen LogP contribution in [0.2, 0.25) is 0 Å². The quantitative estimate of drug-likeness (QED) is 0.660. The van der Waals surface area contributed by atoms with E-state index in [0.717, 1.165) is 25.7 Å². The minimum Gasteiger partial charge on any atom is -0.343 e. The summed E-state index contributed by atoms with van der Waals surface area (Å²) in [5.74, 6) is 1.12. The number of nitrogens with zero attached hydrogens (tertiary/aromatic N) is 4. The monoisotopic (exact) mass is 431 g/mol. The highest BCUT2D eigenvalue weighted by molar-refractivity contribution is 5.77. The summed E-state index contributed by atoms with van der Waals surface area (Å²) in [6.45, 7) is 7.36. The third-order valence-electron chi connectivity index (χ3n) is 6.33. The van der Waals surface area contributed by atoms with Crippen molar-refractivity contribution in [2.45, 2.75) is 97.7 Å². The van der Waals surface area contributed by atoms with Gasteiger partial charge in [-0.25, -0.2) is 9.78 Å². The van der Waals surface area contributed by atoms with Crippen molar-refractivity contribution in [2.24, 2.45) is 5.92 Å². The molecule has 172 valence electrons. The first-order chi connectivity index (χ1) is 14.8. The van der Waals surface area contributed by atoms with E-state index in [4.69, 9.17) is 4.98 Å². The lowest BCUT2D eigenvalue weighted by Crippen LogP contribution is -2.38. The highest BCUT2D eigenvalue weighted by atomic mass is 16.2. The average molecular weight is 432 g/mol. The molecule has 0 aromatic carbocycles. The van der Waals surface area contributed by atoms with E-state index in [9.17, 15) is 14.4 Å². The van der Waals surface area contributed by atoms with Crippen molar-refractivity contribution >= 4 is 17.1 Å². The molecule has 1 aliphatic carbocycles. The topological polar surface area (TPSA) is 93.0 Å². The molecular weight excluding hydrogens is 394 g/mol. The van der Waals surface area contributed by atoms with Crippen LogP contribution in [0, 0.1) is 5.92 Å². The molecule has 0 radical (unpaired) electrons. The highest BCUT2D eigenvalue weighted by Crippen LogP contribution is 2.23. The van der Waals surface area contributed by atoms with E-state index in [-0.39, 0.29) is 5.91 Å². The van der Waals surface area contributed by atoms with Gasteiger partial charge in [0.15, 0.2) is 11.2 Å². The Labute approximate surface area is 183 Å². The van der Waals surface area contributed by atoms with Gasteiger partial charge < -0.3 is 9.47 Å². The summed E-state index contributed by atoms with van der Waals surface area (Å²) in [4.78, 5) is 47.1. The molecule has 8 nitrogen and oxygen atoms in total. The fourth-order valence-electron chi connectivity index (χ4n) is 4.56. The number of carbonyl (C=O) groups is 1. The zero-order valence-electron chi connectivity index (χ0n) is 19.4. The highest BCUT2D eigenvalue weighted by Gasteiger charge is 2.24. The molecule has 0 saturated heterocycles. The van der Waals surface area contributed by atoms with E-state index in [1.807, 2.05) is 16.5 Å². The van der Waals surface area contributed by atoms with Crippen LogP contribution < -0.4 is 11.2 Å². The van der Waals surface area contributed by atoms with Crippen molar-refractivity contribution in [1.29, 1.82) is 0 Å². The summed E-state index contributed by atoms with van der Waals surface area (Å²) in [6, 6.07) is 0.331. The standard InChI is InChI=1S/C23H37N5O3/c1-5-6-14-27-21-20(22(30)25-23(27)31)28(15-16(2)3)18(24-21)12-13-19(29)26(4)17-10-8-7-9-11-17/h16-17H,5-15H2,1-4H3,(H,25,30,31). The summed E-state index contributed by atoms with van der Waals surface area (Å²) >= 11 is 0. The van der Waals surface area contributed by atoms with Gasteiger partial charge in [0.25, 0.3) is 5.56 Å². The first kappa shape index (κ1) is 23.3. The number of aryl methyl sites for hydroxylation is 2. The lowest BCUT2D eigenvalue weighted by Gasteiger charge is -2.31. The van der Waals surface area contributed by atoms with Crippen LogP contribution in [0.25, 0.3) is 11.2 Å². The molecule has 31 heavy (non-hydrogen) atoms. The Morgan fingerprint density at radius 3 is 2.55 bits per heavy atom. The number of hydrogen-bond acceptors (Lipinski definition) is 4. The van der Waals surface area contributed by atoms with Crippen LogP contribution in [-0.4, -0.2) is 43.0 Å². The number of hydrogen-bond donors (Lipinski definition) is 1. The molecule has 1 N–H and O–H groups in total. The predicted molar refractivity (Wildman–Crippen MR) is 122 cm³/mol. The predicted octanol–water partition coefficient (Wildman–Crippen LogP) is 3.07. The number of aromatic amines is 1. The second kappa shape index (κ2) is 10.3. The second-order valence-corrected chi connectivity index (χ2v) is 9.27. The van der Waals surface area contributed by atoms with Gasteiger partial charge in [0, 0.05) is 39.0 Å². The molecule has 3 rings (SSSR count). The van der Waals surface area contributed by atoms with Gasteiger partial charge in [-0.3, -0.25) is 19.1 Å². The molecule has 0 spiro atoms. The van der Waals surface area contributed by atoms with E-state index in [1.54, 1.807) is 4.57 Å². The molecule has 2 aromatic heterocycles. The lowest BCUT2D eigenvalue weighted by atomic mass is 9.94. The lowest BCUT2D eigenvalue weighted by molar-refractivity contribution is -0.132. The Bertz CT molecular complexity index is 1010. The van der Waals surface area contributed by atoms with E-state index in [1.165, 1.54) is 19.3 Å². The second-order valence-electron chi connectivity index (χ2n) is 9.27. The molecule has 0 bridgehead atoms. The number of carbonyl (C=O) groups excluding carboxylic acids is 1. The van der Waals surface area contributed by atoms with Gasteiger partial charge >= 0.3 is 5.69 Å². The Balaban J connectivity index is 1.91. The van der Waals surface area contributed by atoms with Gasteiger partial charge in [0.2, 0.25) is 5.91 Å². The van der Waals surface area contributed by atoms with Crippen molar-refractivity contribution in [3.05, 3.63) is 26.7 Å². The molecule has 1 saturated carbocycles. The van der Waals surface area contributed by atoms with Crippen LogP contribution in [0.4, 0.5) is 0 Å². The van der Waals surface area contributed by atoms with Crippen molar-refractivity contribution in [3.63, 3.8) is 0 Å². The Morgan fingerprint density at radius 1 is 1.19 bits per heavy atom. The number of fused-ring (bicyclic) bond motifs is 1. The summed E-state index contributed by atoms with van der Waals surface area (Å²) in [7, 11) is 1.91. The fraction of sp³-hybridized carbons (Fsp3) is 0.739. The van der Waals surface area contributed by atoms with Crippen LogP contribution in [0.5, 0.6) is 0 Å². The molecule has 0 aliphatic heterocycles. The first-order valence-electron chi connectivity index (χ1n) is 11.8. The van der Waals surface area contributed by atoms with Crippen LogP contribution in [0.3, 0.4) is 0 Å². The Hall–Kier alpha value is -2.38. The summed E-state index contributed by atoms with van der Waals surface area (Å²) < 4.78 is 3.48. The van der Waals surface area contributed by atoms with Crippen LogP contribution >= 0.6 is 0 Å². The first-order valence-corrected chi connectivity index (χ1v) is 11.8. The van der Waals surface area contributed by atoms with Gasteiger partial charge in [0.05, 0.1) is 0 Å². The number of imidazole rings is 1. The van der Waals surface area contributed by atoms with Gasteiger partial charge in [-0.1, -0.05) is 46.5 Å². The van der Waals surface area contributed by atoms with Crippen LogP contribution in [0.1, 0.15) is 78.0 Å². The van der Waals surface area contributed by atoms with E-state index >= 15 is 0 Å². The van der Waals surface area contributed by atoms with Gasteiger partial charge in [-0.2, -0.15) is 0 Å². The third kappa shape index (κ3) is 5.28. The fourth-order valence-corrected chi connectivity index (χ4v) is 4.56. The summed E-state index contributed by atoms with van der Waals surface area (Å²) in [5, 5.41) is 0. The largest absolute Gasteiger partial charge is 0.343 e. The van der Waals surface area contributed by atoms with Crippen LogP contribution in [0.15, 0.2) is 9.59 Å². The third-order valence-corrected chi connectivity index (χ3v) is 6.33. The zero-order chi connectivity index (χ0) is 22.5. The van der Waals surface area contributed by atoms with Gasteiger partial charge in [0.1, 0.15) is 5.82 Å². The molecule has 1 aliphatic rings. The summed E-state index contributed by atoms with van der Waals surface area (Å²) in [5.41, 5.74) is 0.0519. The maximum absolute atomic E-state index is 12.9. The van der Waals surface area contributed by atoms with Crippen molar-refractivity contribution in [2.75, 3.05) is 7.05 Å². The maximum Gasteiger partial charge on any atom is 0.330 e. The minimum absolute atomic E-state index is 0.118. The SMILES string of the molecule is CCCCn1c(=O)[nH]c(=O)c2c1nc(CCC(=O)N(C)C1CCCCC1)n2CC(C)C. The van der Waals surface area contributed by atoms with Crippen molar-refractivity contribution in [1.82, 2.24) is 24.0 Å². The van der Waals surface area contributed by atoms with Gasteiger partial charge in [-0.15, -0.1) is 0 Å². The minimum atomic E-state index is -0.417. The average Bonchev–Trinajstić information content (AvgIpc) is 3.09. The molecule has 0 unspecified atom stereocenters. The molecule has 2 aromatic rings. The molecular formula is C23H37N5O3. The van der Waals surface area contributed by atoms with E-state index in [2.05, 4.69) is 25.8 Å². The molecule has 0 atom stereocenters. The molecule has 8 heteroatoms. The number of rotatable bonds is 9. The molecule has 2 heterocycles. The zero-order valence-corrected chi connectivity index (χ0v) is 19.4. The van der Waals surface area contributed by atoms with E-state index < -0.39 is 11.2 Å². The molecule has 1 amide bonds. The van der Waals surface area contributed by atoms with Crippen molar-refractivity contribution < 1.29 is 4.79 Å². The number of nitrogens with one attached hydrogen (secondary N) is 1. The van der Waals surface area contributed by atoms with Gasteiger partial charge in [-0.05, 0) is 25.2 Å². The molecule has 1 fully saturated rings. The van der Waals surface area contributed by atoms with Crippen molar-refractivity contribution in [3.8, 4) is 0 Å². The maximum atomic E-state index is 12.9. The van der Waals surface area contributed by atoms with Crippen LogP contribution in [-0.2, 0) is 24.3 Å². The normalized spacial score (nSPS) is 15.1. The number of H-pyrrole nitrogens is 1. The number of unbranched alkanes of at least 4 members (excludes halogenated alkanes) is 1. The number of aromatic nitrogens is 4. The summed E-state index contributed by atoms with van der Waals surface area (Å²) in [6.07, 6.45) is 8.36. The Morgan fingerprint density at radius 2 is 1.90 bits per heavy atom. The smallest absolute Gasteiger partial charge is 0.330 e. The Kier molecular flexibility index (Phi) is 7.73.